The number of rotatable bonds is 6. The summed E-state index contributed by atoms with van der Waals surface area (Å²) in [5, 5.41) is 0. The maximum atomic E-state index is 11.9. The van der Waals surface area contributed by atoms with E-state index in [0.717, 1.165) is 22.7 Å². The van der Waals surface area contributed by atoms with Crippen molar-refractivity contribution in [3.8, 4) is 0 Å². The van der Waals surface area contributed by atoms with Gasteiger partial charge in [-0.25, -0.2) is 17.7 Å². The second-order valence-electron chi connectivity index (χ2n) is 5.92. The van der Waals surface area contributed by atoms with Gasteiger partial charge in [-0.2, -0.15) is 0 Å². The first-order valence-electron chi connectivity index (χ1n) is 7.90. The molecule has 2 aromatic rings. The Hall–Kier alpha value is -1.77. The molecule has 0 atom stereocenters. The molecular formula is C17H23N3O3S2. The number of hydrogen-bond donors (Lipinski definition) is 0. The van der Waals surface area contributed by atoms with Crippen LogP contribution in [0.5, 0.6) is 0 Å². The fraction of sp³-hybridized carbons (Fsp3) is 0.412. The SMILES string of the molecule is CCn1c(C)c(C(C)=O)s/c1=N\c1ccc(CS(=O)(=O)N(C)C)cc1. The fourth-order valence-electron chi connectivity index (χ4n) is 2.39. The number of ketones is 1. The first-order valence-corrected chi connectivity index (χ1v) is 10.3. The largest absolute Gasteiger partial charge is 0.321 e. The van der Waals surface area contributed by atoms with Crippen molar-refractivity contribution in [3.05, 3.63) is 45.2 Å². The highest BCUT2D eigenvalue weighted by atomic mass is 32.2. The van der Waals surface area contributed by atoms with Gasteiger partial charge in [0.15, 0.2) is 10.6 Å². The Morgan fingerprint density at radius 1 is 1.24 bits per heavy atom. The standard InChI is InChI=1S/C17H23N3O3S2/c1-6-20-12(2)16(13(3)21)24-17(20)18-15-9-7-14(8-10-15)11-25(22,23)19(4)5/h7-10H,6,11H2,1-5H3/b18-17-. The molecule has 8 heteroatoms. The molecule has 0 saturated heterocycles. The van der Waals surface area contributed by atoms with E-state index in [-0.39, 0.29) is 11.5 Å². The quantitative estimate of drug-likeness (QED) is 0.722. The molecule has 0 radical (unpaired) electrons. The van der Waals surface area contributed by atoms with Gasteiger partial charge < -0.3 is 4.57 Å². The molecule has 0 aliphatic rings. The third-order valence-electron chi connectivity index (χ3n) is 3.86. The molecule has 1 heterocycles. The highest BCUT2D eigenvalue weighted by molar-refractivity contribution is 7.88. The average molecular weight is 382 g/mol. The number of carbonyl (C=O) groups excluding carboxylic acids is 1. The van der Waals surface area contributed by atoms with Crippen LogP contribution in [0.25, 0.3) is 0 Å². The van der Waals surface area contributed by atoms with Crippen molar-refractivity contribution in [2.24, 2.45) is 4.99 Å². The van der Waals surface area contributed by atoms with Gasteiger partial charge in [0.25, 0.3) is 0 Å². The Morgan fingerprint density at radius 2 is 1.84 bits per heavy atom. The Balaban J connectivity index is 2.37. The van der Waals surface area contributed by atoms with Gasteiger partial charge in [0.2, 0.25) is 10.0 Å². The number of Topliss-reactive ketones (excluding diaryl/α,β-unsaturated/α-hetero) is 1. The summed E-state index contributed by atoms with van der Waals surface area (Å²) in [5.74, 6) is -0.00245. The average Bonchev–Trinajstić information content (AvgIpc) is 2.84. The summed E-state index contributed by atoms with van der Waals surface area (Å²) >= 11 is 1.38. The van der Waals surface area contributed by atoms with Crippen molar-refractivity contribution in [2.75, 3.05) is 14.1 Å². The first kappa shape index (κ1) is 19.6. The summed E-state index contributed by atoms with van der Waals surface area (Å²) in [7, 11) is -0.238. The number of benzene rings is 1. The molecule has 1 aromatic heterocycles. The second-order valence-corrected chi connectivity index (χ2v) is 9.08. The molecule has 0 aliphatic carbocycles. The highest BCUT2D eigenvalue weighted by Gasteiger charge is 2.15. The normalized spacial score (nSPS) is 12.8. The topological polar surface area (TPSA) is 71.7 Å². The van der Waals surface area contributed by atoms with Gasteiger partial charge in [-0.05, 0) is 31.5 Å². The van der Waals surface area contributed by atoms with Gasteiger partial charge in [-0.1, -0.05) is 23.5 Å². The molecule has 0 unspecified atom stereocenters. The van der Waals surface area contributed by atoms with E-state index >= 15 is 0 Å². The zero-order valence-corrected chi connectivity index (χ0v) is 16.7. The number of hydrogen-bond acceptors (Lipinski definition) is 5. The zero-order valence-electron chi connectivity index (χ0n) is 15.1. The first-order chi connectivity index (χ1) is 11.7. The van der Waals surface area contributed by atoms with Gasteiger partial charge in [-0.3, -0.25) is 4.79 Å². The lowest BCUT2D eigenvalue weighted by atomic mass is 10.2. The number of carbonyl (C=O) groups is 1. The van der Waals surface area contributed by atoms with Crippen molar-refractivity contribution in [3.63, 3.8) is 0 Å². The van der Waals surface area contributed by atoms with E-state index in [9.17, 15) is 13.2 Å². The summed E-state index contributed by atoms with van der Waals surface area (Å²) in [6.45, 7) is 6.22. The van der Waals surface area contributed by atoms with E-state index in [4.69, 9.17) is 0 Å². The predicted molar refractivity (Wildman–Crippen MR) is 101 cm³/mol. The Morgan fingerprint density at radius 3 is 2.32 bits per heavy atom. The summed E-state index contributed by atoms with van der Waals surface area (Å²) < 4.78 is 27.1. The molecule has 0 saturated carbocycles. The van der Waals surface area contributed by atoms with E-state index < -0.39 is 10.0 Å². The molecule has 0 amide bonds. The molecule has 0 aliphatic heterocycles. The lowest BCUT2D eigenvalue weighted by Gasteiger charge is -2.11. The third-order valence-corrected chi connectivity index (χ3v) is 6.95. The summed E-state index contributed by atoms with van der Waals surface area (Å²) in [6.07, 6.45) is 0. The zero-order chi connectivity index (χ0) is 18.8. The number of thiazole rings is 1. The number of sulfonamides is 1. The van der Waals surface area contributed by atoms with E-state index in [1.54, 1.807) is 31.2 Å². The molecule has 0 bridgehead atoms. The van der Waals surface area contributed by atoms with Crippen LogP contribution in [0.4, 0.5) is 5.69 Å². The predicted octanol–water partition coefficient (Wildman–Crippen LogP) is 2.70. The molecule has 1 aromatic carbocycles. The summed E-state index contributed by atoms with van der Waals surface area (Å²) in [4.78, 5) is 17.8. The molecule has 0 N–H and O–H groups in total. The molecule has 0 fully saturated rings. The van der Waals surface area contributed by atoms with Crippen molar-refractivity contribution in [1.82, 2.24) is 8.87 Å². The van der Waals surface area contributed by atoms with Crippen LogP contribution in [0.15, 0.2) is 29.3 Å². The number of nitrogens with zero attached hydrogens (tertiary/aromatic N) is 3. The van der Waals surface area contributed by atoms with Crippen LogP contribution in [-0.4, -0.2) is 37.2 Å². The highest BCUT2D eigenvalue weighted by Crippen LogP contribution is 2.17. The molecule has 0 spiro atoms. The Bertz CT molecular complexity index is 937. The summed E-state index contributed by atoms with van der Waals surface area (Å²) in [6, 6.07) is 7.12. The lowest BCUT2D eigenvalue weighted by molar-refractivity contribution is 0.102. The van der Waals surface area contributed by atoms with Crippen LogP contribution in [-0.2, 0) is 22.3 Å². The maximum absolute atomic E-state index is 11.9. The van der Waals surface area contributed by atoms with Crippen LogP contribution in [0.2, 0.25) is 0 Å². The fourth-order valence-corrected chi connectivity index (χ4v) is 4.37. The van der Waals surface area contributed by atoms with Gasteiger partial charge in [0.1, 0.15) is 0 Å². The van der Waals surface area contributed by atoms with Crippen LogP contribution < -0.4 is 4.80 Å². The second kappa shape index (κ2) is 7.63. The Kier molecular flexibility index (Phi) is 5.97. The number of aromatic nitrogens is 1. The smallest absolute Gasteiger partial charge is 0.217 e. The molecule has 2 rings (SSSR count). The van der Waals surface area contributed by atoms with E-state index in [1.165, 1.54) is 29.7 Å². The monoisotopic (exact) mass is 381 g/mol. The van der Waals surface area contributed by atoms with Gasteiger partial charge in [-0.15, -0.1) is 0 Å². The van der Waals surface area contributed by atoms with Crippen molar-refractivity contribution < 1.29 is 13.2 Å². The van der Waals surface area contributed by atoms with E-state index in [1.807, 2.05) is 18.4 Å². The van der Waals surface area contributed by atoms with Gasteiger partial charge in [0, 0.05) is 33.3 Å². The van der Waals surface area contributed by atoms with Crippen LogP contribution in [0.1, 0.15) is 34.8 Å². The van der Waals surface area contributed by atoms with Crippen LogP contribution >= 0.6 is 11.3 Å². The maximum Gasteiger partial charge on any atom is 0.217 e. The van der Waals surface area contributed by atoms with Gasteiger partial charge >= 0.3 is 0 Å². The minimum atomic E-state index is -3.28. The third kappa shape index (κ3) is 4.45. The van der Waals surface area contributed by atoms with Crippen molar-refractivity contribution in [2.45, 2.75) is 33.1 Å². The van der Waals surface area contributed by atoms with Crippen molar-refractivity contribution >= 4 is 32.8 Å². The molecule has 136 valence electrons. The lowest BCUT2D eigenvalue weighted by Crippen LogP contribution is -2.23. The van der Waals surface area contributed by atoms with E-state index in [2.05, 4.69) is 4.99 Å². The minimum Gasteiger partial charge on any atom is -0.321 e. The Labute approximate surface area is 152 Å². The van der Waals surface area contributed by atoms with Crippen LogP contribution in [0.3, 0.4) is 0 Å². The summed E-state index contributed by atoms with van der Waals surface area (Å²) in [5.41, 5.74) is 2.36. The van der Waals surface area contributed by atoms with Crippen LogP contribution in [0, 0.1) is 6.92 Å². The molecule has 25 heavy (non-hydrogen) atoms. The van der Waals surface area contributed by atoms with Crippen molar-refractivity contribution in [1.29, 1.82) is 0 Å². The molecule has 6 nitrogen and oxygen atoms in total. The van der Waals surface area contributed by atoms with E-state index in [0.29, 0.717) is 10.4 Å². The van der Waals surface area contributed by atoms with Gasteiger partial charge in [0.05, 0.1) is 16.3 Å². The molecular weight excluding hydrogens is 358 g/mol. The minimum absolute atomic E-state index is 0.0374.